The summed E-state index contributed by atoms with van der Waals surface area (Å²) in [5.74, 6) is 0. The average molecular weight is 261 g/mol. The van der Waals surface area contributed by atoms with Crippen LogP contribution in [0.25, 0.3) is 0 Å². The molecule has 1 saturated heterocycles. The molecule has 16 heavy (non-hydrogen) atoms. The van der Waals surface area contributed by atoms with Crippen molar-refractivity contribution >= 4 is 23.7 Å². The van der Waals surface area contributed by atoms with Gasteiger partial charge in [-0.25, -0.2) is 0 Å². The zero-order valence-corrected chi connectivity index (χ0v) is 11.7. The molecule has 1 aromatic rings. The quantitative estimate of drug-likeness (QED) is 0.886. The van der Waals surface area contributed by atoms with Crippen molar-refractivity contribution in [2.24, 2.45) is 5.73 Å². The average Bonchev–Trinajstić information content (AvgIpc) is 2.45. The minimum atomic E-state index is 0. The van der Waals surface area contributed by atoms with Gasteiger partial charge in [-0.1, -0.05) is 0 Å². The maximum Gasteiger partial charge on any atom is 0.0245 e. The summed E-state index contributed by atoms with van der Waals surface area (Å²) < 4.78 is 0. The summed E-state index contributed by atoms with van der Waals surface area (Å²) in [6.45, 7) is 7.76. The van der Waals surface area contributed by atoms with Gasteiger partial charge in [0.05, 0.1) is 0 Å². The Morgan fingerprint density at radius 3 is 2.81 bits per heavy atom. The first-order valence-electron chi connectivity index (χ1n) is 5.69. The molecule has 92 valence electrons. The minimum Gasteiger partial charge on any atom is -0.327 e. The molecule has 0 radical (unpaired) electrons. The first-order chi connectivity index (χ1) is 7.15. The van der Waals surface area contributed by atoms with Gasteiger partial charge in [-0.15, -0.1) is 23.7 Å². The van der Waals surface area contributed by atoms with E-state index in [1.165, 1.54) is 34.7 Å². The molecule has 2 heterocycles. The highest BCUT2D eigenvalue weighted by Gasteiger charge is 2.17. The number of rotatable bonds is 2. The number of hydrogen-bond acceptors (Lipinski definition) is 3. The first-order valence-corrected chi connectivity index (χ1v) is 6.50. The summed E-state index contributed by atoms with van der Waals surface area (Å²) in [7, 11) is 0. The molecule has 0 bridgehead atoms. The Morgan fingerprint density at radius 2 is 2.25 bits per heavy atom. The number of hydrogen-bond donors (Lipinski definition) is 1. The normalized spacial score (nSPS) is 21.8. The third-order valence-electron chi connectivity index (χ3n) is 3.08. The molecule has 1 aromatic heterocycles. The first kappa shape index (κ1) is 14.0. The van der Waals surface area contributed by atoms with Crippen LogP contribution in [0.5, 0.6) is 0 Å². The number of aryl methyl sites for hydroxylation is 2. The van der Waals surface area contributed by atoms with E-state index in [1.807, 2.05) is 11.3 Å². The number of thiophene rings is 1. The van der Waals surface area contributed by atoms with Gasteiger partial charge in [-0.2, -0.15) is 0 Å². The third kappa shape index (κ3) is 3.45. The summed E-state index contributed by atoms with van der Waals surface area (Å²) in [4.78, 5) is 5.37. The molecule has 4 heteroatoms. The molecule has 0 unspecified atom stereocenters. The number of nitrogens with two attached hydrogens (primary N) is 1. The van der Waals surface area contributed by atoms with E-state index < -0.39 is 0 Å². The lowest BCUT2D eigenvalue weighted by atomic mass is 10.1. The molecule has 1 aliphatic rings. The van der Waals surface area contributed by atoms with Crippen molar-refractivity contribution in [2.75, 3.05) is 13.1 Å². The van der Waals surface area contributed by atoms with Crippen molar-refractivity contribution in [1.29, 1.82) is 0 Å². The molecule has 0 amide bonds. The minimum absolute atomic E-state index is 0. The molecular formula is C12H21ClN2S. The van der Waals surface area contributed by atoms with E-state index in [1.54, 1.807) is 0 Å². The van der Waals surface area contributed by atoms with Crippen LogP contribution in [0.4, 0.5) is 0 Å². The molecule has 1 atom stereocenters. The van der Waals surface area contributed by atoms with Gasteiger partial charge in [0.15, 0.2) is 0 Å². The van der Waals surface area contributed by atoms with Crippen molar-refractivity contribution in [2.45, 2.75) is 39.3 Å². The highest BCUT2D eigenvalue weighted by molar-refractivity contribution is 7.12. The summed E-state index contributed by atoms with van der Waals surface area (Å²) in [6.07, 6.45) is 2.45. The fraction of sp³-hybridized carbons (Fsp3) is 0.667. The van der Waals surface area contributed by atoms with Crippen LogP contribution < -0.4 is 5.73 Å². The SMILES string of the molecule is Cc1cc(CN2CCC[C@@H](N)C2)c(C)s1.Cl. The van der Waals surface area contributed by atoms with Crippen molar-refractivity contribution in [3.63, 3.8) is 0 Å². The van der Waals surface area contributed by atoms with Gasteiger partial charge in [0.1, 0.15) is 0 Å². The van der Waals surface area contributed by atoms with Crippen molar-refractivity contribution < 1.29 is 0 Å². The lowest BCUT2D eigenvalue weighted by Gasteiger charge is -2.30. The molecular weight excluding hydrogens is 240 g/mol. The summed E-state index contributed by atoms with van der Waals surface area (Å²) in [5.41, 5.74) is 7.48. The van der Waals surface area contributed by atoms with E-state index in [2.05, 4.69) is 24.8 Å². The third-order valence-corrected chi connectivity index (χ3v) is 4.09. The van der Waals surface area contributed by atoms with Crippen molar-refractivity contribution in [3.8, 4) is 0 Å². The smallest absolute Gasteiger partial charge is 0.0245 e. The van der Waals surface area contributed by atoms with E-state index >= 15 is 0 Å². The Hall–Kier alpha value is -0.0900. The van der Waals surface area contributed by atoms with Crippen LogP contribution in [-0.2, 0) is 6.54 Å². The second-order valence-corrected chi connectivity index (χ2v) is 6.04. The van der Waals surface area contributed by atoms with E-state index in [-0.39, 0.29) is 12.4 Å². The standard InChI is InChI=1S/C12H20N2S.ClH/c1-9-6-11(10(2)15-9)7-14-5-3-4-12(13)8-14;/h6,12H,3-5,7-8,13H2,1-2H3;1H/t12-;/m1./s1. The molecule has 2 rings (SSSR count). The summed E-state index contributed by atoms with van der Waals surface area (Å²) >= 11 is 1.90. The molecule has 1 fully saturated rings. The maximum atomic E-state index is 5.98. The number of halogens is 1. The van der Waals surface area contributed by atoms with Gasteiger partial charge in [-0.05, 0) is 44.9 Å². The Bertz CT molecular complexity index is 338. The van der Waals surface area contributed by atoms with Gasteiger partial charge in [0, 0.05) is 28.9 Å². The van der Waals surface area contributed by atoms with Gasteiger partial charge < -0.3 is 5.73 Å². The second-order valence-electron chi connectivity index (χ2n) is 4.58. The second kappa shape index (κ2) is 6.01. The van der Waals surface area contributed by atoms with E-state index in [4.69, 9.17) is 5.73 Å². The van der Waals surface area contributed by atoms with E-state index in [0.29, 0.717) is 6.04 Å². The van der Waals surface area contributed by atoms with Crippen molar-refractivity contribution in [3.05, 3.63) is 21.4 Å². The summed E-state index contributed by atoms with van der Waals surface area (Å²) in [6, 6.07) is 2.71. The highest BCUT2D eigenvalue weighted by atomic mass is 35.5. The Morgan fingerprint density at radius 1 is 1.50 bits per heavy atom. The number of nitrogens with zero attached hydrogens (tertiary/aromatic N) is 1. The van der Waals surface area contributed by atoms with Crippen LogP contribution in [0, 0.1) is 13.8 Å². The molecule has 0 aromatic carbocycles. The topological polar surface area (TPSA) is 29.3 Å². The lowest BCUT2D eigenvalue weighted by Crippen LogP contribution is -2.42. The predicted molar refractivity (Wildman–Crippen MR) is 73.5 cm³/mol. The predicted octanol–water partition coefficient (Wildman–Crippen LogP) is 2.71. The zero-order chi connectivity index (χ0) is 10.8. The Labute approximate surface area is 108 Å². The monoisotopic (exact) mass is 260 g/mol. The summed E-state index contributed by atoms with van der Waals surface area (Å²) in [5, 5.41) is 0. The van der Waals surface area contributed by atoms with Crippen molar-refractivity contribution in [1.82, 2.24) is 4.90 Å². The Balaban J connectivity index is 0.00000128. The van der Waals surface area contributed by atoms with E-state index in [0.717, 1.165) is 13.1 Å². The fourth-order valence-electron chi connectivity index (χ4n) is 2.32. The van der Waals surface area contributed by atoms with Gasteiger partial charge in [0.2, 0.25) is 0 Å². The lowest BCUT2D eigenvalue weighted by molar-refractivity contribution is 0.201. The fourth-order valence-corrected chi connectivity index (χ4v) is 3.25. The van der Waals surface area contributed by atoms with Crippen LogP contribution in [-0.4, -0.2) is 24.0 Å². The number of piperidine rings is 1. The van der Waals surface area contributed by atoms with Crippen LogP contribution in [0.1, 0.15) is 28.2 Å². The number of likely N-dealkylation sites (tertiary alicyclic amines) is 1. The van der Waals surface area contributed by atoms with Gasteiger partial charge in [-0.3, -0.25) is 4.90 Å². The van der Waals surface area contributed by atoms with Gasteiger partial charge in [0.25, 0.3) is 0 Å². The van der Waals surface area contributed by atoms with Crippen LogP contribution in [0.2, 0.25) is 0 Å². The highest BCUT2D eigenvalue weighted by Crippen LogP contribution is 2.23. The van der Waals surface area contributed by atoms with Crippen LogP contribution in [0.3, 0.4) is 0 Å². The molecule has 0 spiro atoms. The largest absolute Gasteiger partial charge is 0.327 e. The zero-order valence-electron chi connectivity index (χ0n) is 10.0. The maximum absolute atomic E-state index is 5.98. The molecule has 1 aliphatic heterocycles. The van der Waals surface area contributed by atoms with Gasteiger partial charge >= 0.3 is 0 Å². The molecule has 2 N–H and O–H groups in total. The Kier molecular flexibility index (Phi) is 5.25. The van der Waals surface area contributed by atoms with Crippen LogP contribution >= 0.6 is 23.7 Å². The molecule has 0 saturated carbocycles. The van der Waals surface area contributed by atoms with E-state index in [9.17, 15) is 0 Å². The molecule has 2 nitrogen and oxygen atoms in total. The molecule has 0 aliphatic carbocycles. The van der Waals surface area contributed by atoms with Crippen LogP contribution in [0.15, 0.2) is 6.07 Å².